The van der Waals surface area contributed by atoms with Crippen molar-refractivity contribution in [1.82, 2.24) is 15.5 Å². The highest BCUT2D eigenvalue weighted by Gasteiger charge is 2.30. The highest BCUT2D eigenvalue weighted by atomic mass is 32.1. The van der Waals surface area contributed by atoms with Crippen molar-refractivity contribution in [2.75, 3.05) is 45.9 Å². The molecule has 0 amide bonds. The monoisotopic (exact) mass is 394 g/mol. The van der Waals surface area contributed by atoms with Crippen LogP contribution < -0.4 is 10.6 Å². The van der Waals surface area contributed by atoms with Gasteiger partial charge in [0.1, 0.15) is 0 Å². The number of nitrogens with one attached hydrogen (secondary N) is 2. The standard InChI is InChI=1S/C20H34N4O2S/c1-4-21-19(23-15-20(3)8-6-10-26-20)22-13-17(18-7-5-12-27-18)24-9-11-25-16(2)14-24/h5,7,12,16-17H,4,6,8-11,13-15H2,1-3H3,(H2,21,22,23). The van der Waals surface area contributed by atoms with Crippen molar-refractivity contribution < 1.29 is 9.47 Å². The predicted octanol–water partition coefficient (Wildman–Crippen LogP) is 2.63. The summed E-state index contributed by atoms with van der Waals surface area (Å²) in [6, 6.07) is 4.70. The lowest BCUT2D eigenvalue weighted by atomic mass is 10.0. The third-order valence-corrected chi connectivity index (χ3v) is 6.24. The first-order valence-corrected chi connectivity index (χ1v) is 11.0. The zero-order valence-corrected chi connectivity index (χ0v) is 17.7. The molecule has 0 aliphatic carbocycles. The van der Waals surface area contributed by atoms with Crippen LogP contribution in [0.15, 0.2) is 22.5 Å². The summed E-state index contributed by atoms with van der Waals surface area (Å²) in [5, 5.41) is 9.11. The summed E-state index contributed by atoms with van der Waals surface area (Å²) in [6.07, 6.45) is 2.49. The third-order valence-electron chi connectivity index (χ3n) is 5.26. The fourth-order valence-electron chi connectivity index (χ4n) is 3.76. The maximum atomic E-state index is 5.88. The number of morpholine rings is 1. The highest BCUT2D eigenvalue weighted by Crippen LogP contribution is 2.27. The minimum atomic E-state index is -0.116. The van der Waals surface area contributed by atoms with Gasteiger partial charge in [-0.3, -0.25) is 9.89 Å². The molecule has 3 atom stereocenters. The molecular formula is C20H34N4O2S. The number of guanidine groups is 1. The minimum Gasteiger partial charge on any atom is -0.376 e. The van der Waals surface area contributed by atoms with E-state index in [1.54, 1.807) is 0 Å². The van der Waals surface area contributed by atoms with Crippen LogP contribution in [0, 0.1) is 0 Å². The SMILES string of the molecule is CCNC(=NCC1(C)CCCO1)NCC(c1cccs1)N1CCOC(C)C1. The molecule has 1 aromatic rings. The van der Waals surface area contributed by atoms with E-state index in [1.165, 1.54) is 4.88 Å². The summed E-state index contributed by atoms with van der Waals surface area (Å²) in [5.74, 6) is 0.872. The summed E-state index contributed by atoms with van der Waals surface area (Å²) < 4.78 is 11.6. The van der Waals surface area contributed by atoms with Crippen LogP contribution in [-0.2, 0) is 9.47 Å². The van der Waals surface area contributed by atoms with Crippen molar-refractivity contribution >= 4 is 17.3 Å². The van der Waals surface area contributed by atoms with Crippen molar-refractivity contribution in [2.45, 2.75) is 51.4 Å². The maximum Gasteiger partial charge on any atom is 0.191 e. The molecule has 3 rings (SSSR count). The number of hydrogen-bond donors (Lipinski definition) is 2. The van der Waals surface area contributed by atoms with Crippen LogP contribution in [0.3, 0.4) is 0 Å². The number of thiophene rings is 1. The smallest absolute Gasteiger partial charge is 0.191 e. The van der Waals surface area contributed by atoms with E-state index in [4.69, 9.17) is 14.5 Å². The van der Waals surface area contributed by atoms with Gasteiger partial charge in [0.15, 0.2) is 5.96 Å². The number of rotatable bonds is 7. The van der Waals surface area contributed by atoms with E-state index in [-0.39, 0.29) is 11.7 Å². The lowest BCUT2D eigenvalue weighted by Gasteiger charge is -2.37. The average Bonchev–Trinajstić information content (AvgIpc) is 3.32. The Kier molecular flexibility index (Phi) is 7.52. The van der Waals surface area contributed by atoms with Gasteiger partial charge in [-0.05, 0) is 45.1 Å². The molecule has 2 saturated heterocycles. The average molecular weight is 395 g/mol. The summed E-state index contributed by atoms with van der Waals surface area (Å²) >= 11 is 1.82. The lowest BCUT2D eigenvalue weighted by Crippen LogP contribution is -2.48. The molecule has 2 fully saturated rings. The topological polar surface area (TPSA) is 58.1 Å². The zero-order valence-electron chi connectivity index (χ0n) is 16.9. The Morgan fingerprint density at radius 2 is 2.33 bits per heavy atom. The normalized spacial score (nSPS) is 28.3. The van der Waals surface area contributed by atoms with Gasteiger partial charge >= 0.3 is 0 Å². The van der Waals surface area contributed by atoms with Gasteiger partial charge in [0.05, 0.1) is 30.9 Å². The van der Waals surface area contributed by atoms with Crippen molar-refractivity contribution in [1.29, 1.82) is 0 Å². The summed E-state index contributed by atoms with van der Waals surface area (Å²) in [4.78, 5) is 8.72. The minimum absolute atomic E-state index is 0.116. The molecule has 0 radical (unpaired) electrons. The van der Waals surface area contributed by atoms with E-state index in [0.29, 0.717) is 12.6 Å². The lowest BCUT2D eigenvalue weighted by molar-refractivity contribution is -0.0334. The van der Waals surface area contributed by atoms with E-state index in [1.807, 2.05) is 11.3 Å². The zero-order chi connectivity index (χ0) is 19.1. The Bertz CT molecular complexity index is 587. The first kappa shape index (κ1) is 20.6. The van der Waals surface area contributed by atoms with E-state index in [9.17, 15) is 0 Å². The van der Waals surface area contributed by atoms with Gasteiger partial charge in [-0.15, -0.1) is 11.3 Å². The Morgan fingerprint density at radius 1 is 1.44 bits per heavy atom. The van der Waals surface area contributed by atoms with Crippen LogP contribution >= 0.6 is 11.3 Å². The Morgan fingerprint density at radius 3 is 3.00 bits per heavy atom. The number of aliphatic imine (C=N–C) groups is 1. The summed E-state index contributed by atoms with van der Waals surface area (Å²) in [6.45, 7) is 12.4. The second-order valence-corrected chi connectivity index (χ2v) is 8.66. The largest absolute Gasteiger partial charge is 0.376 e. The molecule has 7 heteroatoms. The van der Waals surface area contributed by atoms with Gasteiger partial charge in [0.2, 0.25) is 0 Å². The van der Waals surface area contributed by atoms with Crippen molar-refractivity contribution in [2.24, 2.45) is 4.99 Å². The second-order valence-electron chi connectivity index (χ2n) is 7.69. The molecule has 152 valence electrons. The molecule has 0 saturated carbocycles. The molecule has 2 N–H and O–H groups in total. The van der Waals surface area contributed by atoms with Gasteiger partial charge in [-0.1, -0.05) is 6.07 Å². The van der Waals surface area contributed by atoms with Gasteiger partial charge in [0.25, 0.3) is 0 Å². The van der Waals surface area contributed by atoms with Gasteiger partial charge in [0, 0.05) is 37.7 Å². The van der Waals surface area contributed by atoms with E-state index < -0.39 is 0 Å². The van der Waals surface area contributed by atoms with Crippen LogP contribution in [-0.4, -0.2) is 68.5 Å². The second kappa shape index (κ2) is 9.87. The number of ether oxygens (including phenoxy) is 2. The molecule has 0 spiro atoms. The quantitative estimate of drug-likeness (QED) is 0.550. The molecule has 3 unspecified atom stereocenters. The van der Waals surface area contributed by atoms with E-state index in [2.05, 4.69) is 53.8 Å². The van der Waals surface area contributed by atoms with Crippen molar-refractivity contribution in [3.05, 3.63) is 22.4 Å². The highest BCUT2D eigenvalue weighted by molar-refractivity contribution is 7.10. The molecule has 1 aromatic heterocycles. The molecule has 0 aromatic carbocycles. The maximum absolute atomic E-state index is 5.88. The van der Waals surface area contributed by atoms with Crippen molar-refractivity contribution in [3.8, 4) is 0 Å². The molecule has 27 heavy (non-hydrogen) atoms. The van der Waals surface area contributed by atoms with Gasteiger partial charge < -0.3 is 20.1 Å². The van der Waals surface area contributed by atoms with Gasteiger partial charge in [-0.25, -0.2) is 0 Å². The Hall–Kier alpha value is -1.15. The Balaban J connectivity index is 1.64. The number of hydrogen-bond acceptors (Lipinski definition) is 5. The van der Waals surface area contributed by atoms with Crippen LogP contribution in [0.25, 0.3) is 0 Å². The van der Waals surface area contributed by atoms with Crippen LogP contribution in [0.1, 0.15) is 44.5 Å². The predicted molar refractivity (Wildman–Crippen MR) is 112 cm³/mol. The fourth-order valence-corrected chi connectivity index (χ4v) is 4.62. The Labute approximate surface area is 167 Å². The summed E-state index contributed by atoms with van der Waals surface area (Å²) in [5.41, 5.74) is -0.116. The molecule has 0 bridgehead atoms. The van der Waals surface area contributed by atoms with Crippen molar-refractivity contribution in [3.63, 3.8) is 0 Å². The first-order valence-electron chi connectivity index (χ1n) is 10.1. The third kappa shape index (κ3) is 5.91. The summed E-state index contributed by atoms with van der Waals surface area (Å²) in [7, 11) is 0. The molecule has 2 aliphatic heterocycles. The number of nitrogens with zero attached hydrogens (tertiary/aromatic N) is 2. The van der Waals surface area contributed by atoms with E-state index >= 15 is 0 Å². The first-order chi connectivity index (χ1) is 13.1. The molecule has 2 aliphatic rings. The van der Waals surface area contributed by atoms with E-state index in [0.717, 1.165) is 58.2 Å². The van der Waals surface area contributed by atoms with Crippen LogP contribution in [0.4, 0.5) is 0 Å². The van der Waals surface area contributed by atoms with Crippen LogP contribution in [0.5, 0.6) is 0 Å². The fraction of sp³-hybridized carbons (Fsp3) is 0.750. The molecule has 6 nitrogen and oxygen atoms in total. The van der Waals surface area contributed by atoms with Gasteiger partial charge in [-0.2, -0.15) is 0 Å². The molecule has 3 heterocycles. The molecular weight excluding hydrogens is 360 g/mol. The van der Waals surface area contributed by atoms with Crippen LogP contribution in [0.2, 0.25) is 0 Å².